The van der Waals surface area contributed by atoms with Gasteiger partial charge in [-0.1, -0.05) is 36.4 Å². The monoisotopic (exact) mass is 488 g/mol. The molecule has 6 rings (SSSR count). The Labute approximate surface area is 202 Å². The van der Waals surface area contributed by atoms with Gasteiger partial charge in [-0.2, -0.15) is 9.61 Å². The van der Waals surface area contributed by atoms with Crippen molar-refractivity contribution in [3.8, 4) is 22.4 Å². The molecule has 0 saturated carbocycles. The summed E-state index contributed by atoms with van der Waals surface area (Å²) in [5.74, 6) is 1.32. The Morgan fingerprint density at radius 2 is 1.80 bits per heavy atom. The summed E-state index contributed by atoms with van der Waals surface area (Å²) in [5.41, 5.74) is 4.64. The predicted octanol–water partition coefficient (Wildman–Crippen LogP) is 3.08. The molecule has 2 aliphatic rings. The number of aromatic nitrogens is 4. The minimum Gasteiger partial charge on any atom is -0.369 e. The Hall–Kier alpha value is -3.79. The standard InChI is InChI=1S/C25H24N6O3S/c32-21-9-10-26-24-22(21)25(30-11-4-13-35(33,34)14-12-30)29-23-19(16-28-31(23)24)18-7-8-20(27-15-18)17-5-2-1-3-6-17/h1-3,5-8,15-16,26H,4,9-14H2. The lowest BCUT2D eigenvalue weighted by Gasteiger charge is -2.27. The van der Waals surface area contributed by atoms with Crippen LogP contribution in [0.5, 0.6) is 0 Å². The number of sulfone groups is 1. The van der Waals surface area contributed by atoms with Gasteiger partial charge in [-0.15, -0.1) is 0 Å². The Kier molecular flexibility index (Phi) is 5.25. The zero-order chi connectivity index (χ0) is 24.0. The fourth-order valence-electron chi connectivity index (χ4n) is 4.74. The summed E-state index contributed by atoms with van der Waals surface area (Å²) < 4.78 is 26.1. The van der Waals surface area contributed by atoms with Crippen molar-refractivity contribution in [2.75, 3.05) is 41.4 Å². The summed E-state index contributed by atoms with van der Waals surface area (Å²) in [4.78, 5) is 24.5. The zero-order valence-electron chi connectivity index (χ0n) is 19.0. The van der Waals surface area contributed by atoms with E-state index in [2.05, 4.69) is 15.4 Å². The molecule has 0 spiro atoms. The quantitative estimate of drug-likeness (QED) is 0.469. The van der Waals surface area contributed by atoms with Gasteiger partial charge in [0.25, 0.3) is 0 Å². The Morgan fingerprint density at radius 3 is 2.60 bits per heavy atom. The van der Waals surface area contributed by atoms with Crippen LogP contribution in [0.1, 0.15) is 23.2 Å². The molecule has 0 aliphatic carbocycles. The molecule has 10 heteroatoms. The molecule has 1 saturated heterocycles. The van der Waals surface area contributed by atoms with Crippen molar-refractivity contribution in [1.29, 1.82) is 0 Å². The first-order chi connectivity index (χ1) is 17.0. The van der Waals surface area contributed by atoms with Crippen LogP contribution in [-0.4, -0.2) is 64.9 Å². The molecular weight excluding hydrogens is 464 g/mol. The van der Waals surface area contributed by atoms with E-state index in [4.69, 9.17) is 4.98 Å². The highest BCUT2D eigenvalue weighted by molar-refractivity contribution is 7.91. The molecule has 0 radical (unpaired) electrons. The van der Waals surface area contributed by atoms with Gasteiger partial charge < -0.3 is 10.2 Å². The van der Waals surface area contributed by atoms with Crippen molar-refractivity contribution in [3.63, 3.8) is 0 Å². The van der Waals surface area contributed by atoms with Crippen molar-refractivity contribution in [2.24, 2.45) is 0 Å². The van der Waals surface area contributed by atoms with Crippen LogP contribution in [-0.2, 0) is 9.84 Å². The average molecular weight is 489 g/mol. The van der Waals surface area contributed by atoms with Gasteiger partial charge in [0.2, 0.25) is 0 Å². The maximum absolute atomic E-state index is 13.0. The third-order valence-electron chi connectivity index (χ3n) is 6.55. The normalized spacial score (nSPS) is 17.6. The summed E-state index contributed by atoms with van der Waals surface area (Å²) >= 11 is 0. The minimum absolute atomic E-state index is 0.0128. The third kappa shape index (κ3) is 3.93. The van der Waals surface area contributed by atoms with Gasteiger partial charge in [-0.3, -0.25) is 9.78 Å². The molecule has 9 nitrogen and oxygen atoms in total. The summed E-state index contributed by atoms with van der Waals surface area (Å²) in [5, 5.41) is 7.87. The van der Waals surface area contributed by atoms with E-state index in [9.17, 15) is 13.2 Å². The SMILES string of the molecule is O=C1CCNc2c1c(N1CCCS(=O)(=O)CC1)nc1c(-c3ccc(-c4ccccc4)nc3)cnn21. The van der Waals surface area contributed by atoms with E-state index in [1.54, 1.807) is 16.9 Å². The molecule has 0 unspecified atom stereocenters. The van der Waals surface area contributed by atoms with Crippen molar-refractivity contribution < 1.29 is 13.2 Å². The lowest BCUT2D eigenvalue weighted by Crippen LogP contribution is -2.32. The molecule has 0 bridgehead atoms. The summed E-state index contributed by atoms with van der Waals surface area (Å²) in [6.45, 7) is 1.35. The summed E-state index contributed by atoms with van der Waals surface area (Å²) in [7, 11) is -3.10. The van der Waals surface area contributed by atoms with Gasteiger partial charge in [-0.25, -0.2) is 13.4 Å². The topological polar surface area (TPSA) is 110 Å². The summed E-state index contributed by atoms with van der Waals surface area (Å²) in [6.07, 6.45) is 4.40. The maximum atomic E-state index is 13.0. The van der Waals surface area contributed by atoms with Crippen molar-refractivity contribution >= 4 is 32.9 Å². The molecule has 1 N–H and O–H groups in total. The molecule has 0 amide bonds. The summed E-state index contributed by atoms with van der Waals surface area (Å²) in [6, 6.07) is 13.9. The predicted molar refractivity (Wildman–Crippen MR) is 135 cm³/mol. The Balaban J connectivity index is 1.47. The number of carbonyl (C=O) groups excluding carboxylic acids is 1. The van der Waals surface area contributed by atoms with Crippen LogP contribution in [0.25, 0.3) is 28.0 Å². The van der Waals surface area contributed by atoms with E-state index in [0.717, 1.165) is 22.4 Å². The molecule has 178 valence electrons. The molecule has 2 aliphatic heterocycles. The van der Waals surface area contributed by atoms with E-state index in [-0.39, 0.29) is 17.3 Å². The van der Waals surface area contributed by atoms with Gasteiger partial charge in [0.15, 0.2) is 21.3 Å². The lowest BCUT2D eigenvalue weighted by atomic mass is 10.0. The smallest absolute Gasteiger partial charge is 0.172 e. The van der Waals surface area contributed by atoms with Crippen LogP contribution in [0.4, 0.5) is 11.6 Å². The number of fused-ring (bicyclic) bond motifs is 3. The number of nitrogens with one attached hydrogen (secondary N) is 1. The van der Waals surface area contributed by atoms with Crippen molar-refractivity contribution in [1.82, 2.24) is 19.6 Å². The third-order valence-corrected chi connectivity index (χ3v) is 8.27. The molecule has 1 fully saturated rings. The van der Waals surface area contributed by atoms with Gasteiger partial charge in [0.1, 0.15) is 17.2 Å². The largest absolute Gasteiger partial charge is 0.369 e. The van der Waals surface area contributed by atoms with Crippen LogP contribution in [0.3, 0.4) is 0 Å². The number of ketones is 1. The fraction of sp³-hybridized carbons (Fsp3) is 0.280. The fourth-order valence-corrected chi connectivity index (χ4v) is 6.01. The molecule has 35 heavy (non-hydrogen) atoms. The first-order valence-corrected chi connectivity index (χ1v) is 13.5. The number of Topliss-reactive ketones (excluding diaryl/α,β-unsaturated/α-hetero) is 1. The second kappa shape index (κ2) is 8.46. The van der Waals surface area contributed by atoms with Crippen LogP contribution in [0, 0.1) is 0 Å². The number of carbonyl (C=O) groups is 1. The molecular formula is C25H24N6O3S. The highest BCUT2D eigenvalue weighted by atomic mass is 32.2. The molecule has 1 aromatic carbocycles. The second-order valence-electron chi connectivity index (χ2n) is 8.84. The number of rotatable bonds is 3. The average Bonchev–Trinajstić information content (AvgIpc) is 3.22. The second-order valence-corrected chi connectivity index (χ2v) is 11.1. The number of nitrogens with zero attached hydrogens (tertiary/aromatic N) is 5. The van der Waals surface area contributed by atoms with Crippen LogP contribution >= 0.6 is 0 Å². The number of pyridine rings is 1. The highest BCUT2D eigenvalue weighted by Gasteiger charge is 2.31. The Morgan fingerprint density at radius 1 is 0.943 bits per heavy atom. The van der Waals surface area contributed by atoms with Gasteiger partial charge in [0.05, 0.1) is 23.4 Å². The van der Waals surface area contributed by atoms with Crippen LogP contribution in [0.15, 0.2) is 54.9 Å². The molecule has 5 heterocycles. The van der Waals surface area contributed by atoms with Crippen LogP contribution < -0.4 is 10.2 Å². The zero-order valence-corrected chi connectivity index (χ0v) is 19.8. The first kappa shape index (κ1) is 21.7. The maximum Gasteiger partial charge on any atom is 0.172 e. The number of benzene rings is 1. The van der Waals surface area contributed by atoms with Gasteiger partial charge >= 0.3 is 0 Å². The van der Waals surface area contributed by atoms with Gasteiger partial charge in [0, 0.05) is 48.9 Å². The molecule has 4 aromatic rings. The van der Waals surface area contributed by atoms with Gasteiger partial charge in [-0.05, 0) is 12.5 Å². The van der Waals surface area contributed by atoms with E-state index >= 15 is 0 Å². The van der Waals surface area contributed by atoms with E-state index < -0.39 is 9.84 Å². The molecule has 3 aromatic heterocycles. The van der Waals surface area contributed by atoms with E-state index in [1.807, 2.05) is 47.4 Å². The van der Waals surface area contributed by atoms with Crippen molar-refractivity contribution in [3.05, 3.63) is 60.4 Å². The first-order valence-electron chi connectivity index (χ1n) is 11.7. The number of hydrogen-bond acceptors (Lipinski definition) is 8. The minimum atomic E-state index is -3.10. The van der Waals surface area contributed by atoms with Crippen molar-refractivity contribution in [2.45, 2.75) is 12.8 Å². The Bertz CT molecular complexity index is 1530. The van der Waals surface area contributed by atoms with E-state index in [0.29, 0.717) is 55.3 Å². The number of hydrogen-bond donors (Lipinski definition) is 1. The highest BCUT2D eigenvalue weighted by Crippen LogP contribution is 2.35. The van der Waals surface area contributed by atoms with E-state index in [1.165, 1.54) is 0 Å². The molecule has 0 atom stereocenters. The van der Waals surface area contributed by atoms with Crippen LogP contribution in [0.2, 0.25) is 0 Å². The lowest BCUT2D eigenvalue weighted by molar-refractivity contribution is 0.0983. The number of anilines is 2.